The van der Waals surface area contributed by atoms with Gasteiger partial charge >= 0.3 is 6.09 Å². The largest absolute Gasteiger partial charge is 0.489 e. The average Bonchev–Trinajstić information content (AvgIpc) is 3.12. The van der Waals surface area contributed by atoms with E-state index in [0.717, 1.165) is 5.56 Å². The van der Waals surface area contributed by atoms with Crippen molar-refractivity contribution in [2.45, 2.75) is 84.2 Å². The summed E-state index contributed by atoms with van der Waals surface area (Å²) >= 11 is 12.5. The van der Waals surface area contributed by atoms with E-state index in [2.05, 4.69) is 26.6 Å². The number of nitrogens with two attached hydrogens (primary N) is 1. The van der Waals surface area contributed by atoms with Crippen LogP contribution in [0, 0.1) is 5.92 Å². The molecule has 56 heavy (non-hydrogen) atoms. The zero-order chi connectivity index (χ0) is 41.4. The van der Waals surface area contributed by atoms with E-state index in [1.807, 2.05) is 19.9 Å². The zero-order valence-electron chi connectivity index (χ0n) is 32.1. The highest BCUT2D eigenvalue weighted by Crippen LogP contribution is 2.26. The Bertz CT molecular complexity index is 1800. The Balaban J connectivity index is 1.60. The smallest absolute Gasteiger partial charge is 0.408 e. The number of hydrogen-bond donors (Lipinski definition) is 6. The number of nitrogens with one attached hydrogen (secondary N) is 5. The Morgan fingerprint density at radius 2 is 1.25 bits per heavy atom. The molecule has 7 N–H and O–H groups in total. The highest BCUT2D eigenvalue weighted by atomic mass is 35.5. The normalized spacial score (nSPS) is 12.7. The lowest BCUT2D eigenvalue weighted by Crippen LogP contribution is -2.55. The van der Waals surface area contributed by atoms with Gasteiger partial charge in [-0.2, -0.15) is 0 Å². The molecule has 6 amide bonds. The van der Waals surface area contributed by atoms with E-state index in [4.69, 9.17) is 38.4 Å². The lowest BCUT2D eigenvalue weighted by molar-refractivity contribution is -0.132. The van der Waals surface area contributed by atoms with Gasteiger partial charge in [0, 0.05) is 28.5 Å². The summed E-state index contributed by atoms with van der Waals surface area (Å²) in [6, 6.07) is 17.7. The van der Waals surface area contributed by atoms with Crippen LogP contribution in [0.5, 0.6) is 5.75 Å². The number of carbonyl (C=O) groups is 6. The first kappa shape index (κ1) is 45.1. The molecule has 0 bridgehead atoms. The van der Waals surface area contributed by atoms with Crippen LogP contribution in [0.1, 0.15) is 57.7 Å². The number of amides is 6. The second kappa shape index (κ2) is 21.7. The van der Waals surface area contributed by atoms with Crippen LogP contribution < -0.4 is 37.1 Å². The average molecular weight is 814 g/mol. The molecule has 0 saturated carbocycles. The Labute approximate surface area is 336 Å². The number of alkyl carbamates (subject to hydrolysis) is 1. The zero-order valence-corrected chi connectivity index (χ0v) is 33.6. The van der Waals surface area contributed by atoms with E-state index in [1.165, 1.54) is 0 Å². The van der Waals surface area contributed by atoms with E-state index >= 15 is 0 Å². The van der Waals surface area contributed by atoms with Crippen molar-refractivity contribution < 1.29 is 38.2 Å². The van der Waals surface area contributed by atoms with Crippen LogP contribution in [0.3, 0.4) is 0 Å². The Kier molecular flexibility index (Phi) is 17.4. The molecule has 0 radical (unpaired) electrons. The van der Waals surface area contributed by atoms with Gasteiger partial charge in [-0.15, -0.1) is 0 Å². The van der Waals surface area contributed by atoms with Gasteiger partial charge in [0.1, 0.15) is 36.1 Å². The van der Waals surface area contributed by atoms with E-state index in [0.29, 0.717) is 33.3 Å². The Morgan fingerprint density at radius 3 is 1.82 bits per heavy atom. The van der Waals surface area contributed by atoms with Crippen LogP contribution in [0.15, 0.2) is 72.8 Å². The molecule has 0 saturated heterocycles. The molecule has 14 nitrogen and oxygen atoms in total. The van der Waals surface area contributed by atoms with Crippen molar-refractivity contribution in [2.24, 2.45) is 11.7 Å². The van der Waals surface area contributed by atoms with Gasteiger partial charge in [0.15, 0.2) is 0 Å². The fourth-order valence-corrected chi connectivity index (χ4v) is 5.78. The molecule has 0 aromatic heterocycles. The topological polar surface area (TPSA) is 207 Å². The van der Waals surface area contributed by atoms with Crippen molar-refractivity contribution in [3.05, 3.63) is 99.5 Å². The number of benzene rings is 3. The van der Waals surface area contributed by atoms with Gasteiger partial charge in [0.25, 0.3) is 0 Å². The lowest BCUT2D eigenvalue weighted by atomic mass is 10.0. The quantitative estimate of drug-likeness (QED) is 0.104. The highest BCUT2D eigenvalue weighted by Gasteiger charge is 2.28. The second-order valence-corrected chi connectivity index (χ2v) is 15.2. The summed E-state index contributed by atoms with van der Waals surface area (Å²) in [5, 5.41) is 13.6. The molecule has 3 aromatic rings. The Hall–Kier alpha value is -5.34. The number of carbonyl (C=O) groups excluding carboxylic acids is 6. The van der Waals surface area contributed by atoms with Crippen LogP contribution in [0.4, 0.5) is 4.79 Å². The van der Waals surface area contributed by atoms with E-state index < -0.39 is 72.4 Å². The van der Waals surface area contributed by atoms with E-state index in [-0.39, 0.29) is 25.4 Å². The van der Waals surface area contributed by atoms with Crippen LogP contribution in [0.25, 0.3) is 0 Å². The molecular weight excluding hydrogens is 763 g/mol. The number of primary amides is 1. The third-order valence-corrected chi connectivity index (χ3v) is 8.69. The van der Waals surface area contributed by atoms with Crippen LogP contribution in [0.2, 0.25) is 10.0 Å². The van der Waals surface area contributed by atoms with Crippen LogP contribution in [-0.2, 0) is 48.2 Å². The predicted molar refractivity (Wildman–Crippen MR) is 213 cm³/mol. The molecule has 0 aliphatic heterocycles. The summed E-state index contributed by atoms with van der Waals surface area (Å²) in [5.74, 6) is -2.82. The summed E-state index contributed by atoms with van der Waals surface area (Å²) in [6.45, 7) is 7.88. The third kappa shape index (κ3) is 16.2. The minimum absolute atomic E-state index is 0.0321. The molecule has 0 unspecified atom stereocenters. The number of rotatable bonds is 19. The van der Waals surface area contributed by atoms with Crippen molar-refractivity contribution in [2.75, 3.05) is 13.1 Å². The van der Waals surface area contributed by atoms with Gasteiger partial charge in [-0.25, -0.2) is 4.79 Å². The molecule has 3 atom stereocenters. The molecule has 0 aliphatic rings. The molecule has 0 aliphatic carbocycles. The van der Waals surface area contributed by atoms with Gasteiger partial charge in [0.05, 0.1) is 13.1 Å². The molecular formula is C40H50Cl2N6O8. The minimum atomic E-state index is -1.15. The maximum Gasteiger partial charge on any atom is 0.408 e. The van der Waals surface area contributed by atoms with Crippen molar-refractivity contribution in [1.82, 2.24) is 26.6 Å². The van der Waals surface area contributed by atoms with Crippen molar-refractivity contribution in [3.63, 3.8) is 0 Å². The molecule has 3 aromatic carbocycles. The molecule has 16 heteroatoms. The van der Waals surface area contributed by atoms with Crippen molar-refractivity contribution in [3.8, 4) is 5.75 Å². The predicted octanol–water partition coefficient (Wildman–Crippen LogP) is 3.98. The van der Waals surface area contributed by atoms with E-state index in [9.17, 15) is 28.8 Å². The summed E-state index contributed by atoms with van der Waals surface area (Å²) in [4.78, 5) is 76.9. The Morgan fingerprint density at radius 1 is 0.679 bits per heavy atom. The van der Waals surface area contributed by atoms with Gasteiger partial charge in [-0.1, -0.05) is 85.6 Å². The summed E-state index contributed by atoms with van der Waals surface area (Å²) in [7, 11) is 0. The molecule has 302 valence electrons. The SMILES string of the molecule is CC(C)C[C@H](NC(=O)[C@H](Cc1ccccc1)NC(=O)CNC(=O)CNC(=O)[C@H](Cc1ccc(OCc2c(Cl)cccc2Cl)cc1)NC(=O)OC(C)(C)C)C(N)=O. The first-order valence-corrected chi connectivity index (χ1v) is 18.8. The molecule has 0 fully saturated rings. The fraction of sp³-hybridized carbons (Fsp3) is 0.400. The van der Waals surface area contributed by atoms with Gasteiger partial charge in [0.2, 0.25) is 29.5 Å². The molecule has 0 heterocycles. The van der Waals surface area contributed by atoms with Gasteiger partial charge < -0.3 is 41.8 Å². The second-order valence-electron chi connectivity index (χ2n) is 14.4. The van der Waals surface area contributed by atoms with Crippen molar-refractivity contribution >= 4 is 58.8 Å². The van der Waals surface area contributed by atoms with Crippen LogP contribution >= 0.6 is 23.2 Å². The summed E-state index contributed by atoms with van der Waals surface area (Å²) < 4.78 is 11.2. The van der Waals surface area contributed by atoms with Gasteiger partial charge in [-0.05, 0) is 68.5 Å². The standard InChI is InChI=1S/C40H50Cl2N6O8/c1-24(2)18-31(36(43)51)47-38(53)33(19-25-10-7-6-8-11-25)46-35(50)22-44-34(49)21-45-37(52)32(48-39(54)56-40(3,4)5)20-26-14-16-27(17-15-26)55-23-28-29(41)12-9-13-30(28)42/h6-17,24,31-33H,18-23H2,1-5H3,(H2,43,51)(H,44,49)(H,45,52)(H,46,50)(H,47,53)(H,48,54)/t31-,32-,33-/m0/s1. The molecule has 0 spiro atoms. The monoisotopic (exact) mass is 812 g/mol. The van der Waals surface area contributed by atoms with Gasteiger partial charge in [-0.3, -0.25) is 24.0 Å². The van der Waals surface area contributed by atoms with Crippen LogP contribution in [-0.4, -0.2) is 72.4 Å². The fourth-order valence-electron chi connectivity index (χ4n) is 5.27. The maximum absolute atomic E-state index is 13.3. The lowest BCUT2D eigenvalue weighted by Gasteiger charge is -2.23. The van der Waals surface area contributed by atoms with E-state index in [1.54, 1.807) is 87.5 Å². The number of halogens is 2. The maximum atomic E-state index is 13.3. The minimum Gasteiger partial charge on any atom is -0.489 e. The number of ether oxygens (including phenoxy) is 2. The third-order valence-electron chi connectivity index (χ3n) is 7.99. The molecule has 3 rings (SSSR count). The summed E-state index contributed by atoms with van der Waals surface area (Å²) in [5.41, 5.74) is 6.71. The highest BCUT2D eigenvalue weighted by molar-refractivity contribution is 6.35. The number of hydrogen-bond acceptors (Lipinski definition) is 8. The van der Waals surface area contributed by atoms with Crippen molar-refractivity contribution in [1.29, 1.82) is 0 Å². The first-order valence-electron chi connectivity index (χ1n) is 18.0. The first-order chi connectivity index (χ1) is 26.4. The summed E-state index contributed by atoms with van der Waals surface area (Å²) in [6.07, 6.45) is -0.388.